The number of hydrogen-bond acceptors (Lipinski definition) is 4. The maximum atomic E-state index is 4.88. The van der Waals surface area contributed by atoms with Gasteiger partial charge in [0, 0.05) is 51.5 Å². The van der Waals surface area contributed by atoms with E-state index in [4.69, 9.17) is 10.1 Å². The van der Waals surface area contributed by atoms with Gasteiger partial charge in [-0.15, -0.1) is 75.9 Å². The van der Waals surface area contributed by atoms with E-state index in [1.54, 1.807) is 0 Å². The summed E-state index contributed by atoms with van der Waals surface area (Å²) in [4.78, 5) is 4.88. The minimum Gasteiger partial charge on any atom is -0.316 e. The van der Waals surface area contributed by atoms with Gasteiger partial charge >= 0.3 is 0 Å². The number of nitrogens with zero attached hydrogens (tertiary/aromatic N) is 6. The summed E-state index contributed by atoms with van der Waals surface area (Å²) < 4.78 is 4.13. The summed E-state index contributed by atoms with van der Waals surface area (Å²) >= 11 is 0. The van der Waals surface area contributed by atoms with Gasteiger partial charge in [-0.2, -0.15) is 10.2 Å². The van der Waals surface area contributed by atoms with E-state index >= 15 is 0 Å². The molecule has 0 saturated carbocycles. The van der Waals surface area contributed by atoms with E-state index in [2.05, 4.69) is 224 Å². The van der Waals surface area contributed by atoms with Gasteiger partial charge in [-0.3, -0.25) is 9.67 Å². The van der Waals surface area contributed by atoms with Crippen molar-refractivity contribution in [1.82, 2.24) is 29.5 Å². The van der Waals surface area contributed by atoms with Crippen LogP contribution in [0.1, 0.15) is 146 Å². The topological polar surface area (TPSA) is 61.4 Å². The third-order valence-electron chi connectivity index (χ3n) is 14.3. The summed E-state index contributed by atoms with van der Waals surface area (Å²) in [5, 5.41) is 14.1. The Balaban J connectivity index is 0.000000257. The van der Waals surface area contributed by atoms with Crippen LogP contribution in [0.25, 0.3) is 67.8 Å². The SMILES string of the molecule is CC(C)(C)c1c[c-]c(-c2nnc(-c3ccc(C(C)(C)C)cc3)n2-c2ccccc2)cc1.CCCCCCc1ccc(-c2cc[c-]c(-c3nc(C)nn3-c3c(C)cc(-c4ccc(CCCCCC)cc4)cc3C)c2)cc1.[Ir].[Ir]. The summed E-state index contributed by atoms with van der Waals surface area (Å²) in [6.45, 7) is 24.2. The second-order valence-electron chi connectivity index (χ2n) is 22.4. The van der Waals surface area contributed by atoms with Crippen molar-refractivity contribution < 1.29 is 40.2 Å². The zero-order valence-electron chi connectivity index (χ0n) is 47.4. The Hall–Kier alpha value is -5.88. The van der Waals surface area contributed by atoms with E-state index in [0.717, 1.165) is 64.2 Å². The molecule has 0 spiro atoms. The average molecular weight is 1380 g/mol. The normalized spacial score (nSPS) is 11.4. The smallest absolute Gasteiger partial charge is 0.159 e. The molecule has 0 saturated heterocycles. The number of rotatable bonds is 17. The van der Waals surface area contributed by atoms with Crippen molar-refractivity contribution >= 4 is 0 Å². The Kier molecular flexibility index (Phi) is 21.7. The monoisotopic (exact) mass is 1380 g/mol. The fourth-order valence-electron chi connectivity index (χ4n) is 9.83. The molecule has 0 N–H and O–H groups in total. The second kappa shape index (κ2) is 27.6. The van der Waals surface area contributed by atoms with Crippen LogP contribution in [0.3, 0.4) is 0 Å². The first-order valence-corrected chi connectivity index (χ1v) is 27.5. The Labute approximate surface area is 488 Å². The van der Waals surface area contributed by atoms with Gasteiger partial charge in [-0.05, 0) is 126 Å². The van der Waals surface area contributed by atoms with Crippen molar-refractivity contribution in [2.45, 2.75) is 151 Å². The second-order valence-corrected chi connectivity index (χ2v) is 22.4. The summed E-state index contributed by atoms with van der Waals surface area (Å²) in [5.41, 5.74) is 17.9. The molecule has 2 aromatic heterocycles. The maximum Gasteiger partial charge on any atom is 0.159 e. The minimum atomic E-state index is 0. The molecule has 8 heteroatoms. The summed E-state index contributed by atoms with van der Waals surface area (Å²) in [7, 11) is 0. The predicted molar refractivity (Wildman–Crippen MR) is 315 cm³/mol. The van der Waals surface area contributed by atoms with E-state index in [9.17, 15) is 0 Å². The van der Waals surface area contributed by atoms with Crippen LogP contribution < -0.4 is 0 Å². The molecule has 2 radical (unpaired) electrons. The number of unbranched alkanes of at least 4 members (excludes halogenated alkanes) is 6. The molecule has 0 aliphatic carbocycles. The van der Waals surface area contributed by atoms with Crippen molar-refractivity contribution in [1.29, 1.82) is 0 Å². The van der Waals surface area contributed by atoms with Crippen molar-refractivity contribution in [3.8, 4) is 67.8 Å². The maximum absolute atomic E-state index is 4.88. The fraction of sp³-hybridized carbons (Fsp3) is 0.333. The van der Waals surface area contributed by atoms with Gasteiger partial charge in [0.15, 0.2) is 5.82 Å². The molecule has 0 amide bonds. The first-order chi connectivity index (χ1) is 36.1. The summed E-state index contributed by atoms with van der Waals surface area (Å²) in [6.07, 6.45) is 12.7. The molecule has 9 aromatic rings. The van der Waals surface area contributed by atoms with Gasteiger partial charge in [0.1, 0.15) is 5.82 Å². The first-order valence-electron chi connectivity index (χ1n) is 27.5. The van der Waals surface area contributed by atoms with Gasteiger partial charge < -0.3 is 4.57 Å². The first kappa shape index (κ1) is 60.3. The van der Waals surface area contributed by atoms with E-state index < -0.39 is 0 Å². The number of aryl methyl sites for hydroxylation is 5. The molecule has 77 heavy (non-hydrogen) atoms. The minimum absolute atomic E-state index is 0. The predicted octanol–water partition coefficient (Wildman–Crippen LogP) is 18.2. The van der Waals surface area contributed by atoms with E-state index in [-0.39, 0.29) is 51.0 Å². The molecule has 404 valence electrons. The molecule has 7 aromatic carbocycles. The molecular formula is C69H78Ir2N6-2. The molecule has 9 rings (SSSR count). The summed E-state index contributed by atoms with van der Waals surface area (Å²) in [5.74, 6) is 3.20. The standard InChI is InChI=1S/C41H48N3.C28H30N3.2Ir/c1-6-8-10-12-15-33-19-23-35(24-20-33)37-17-14-18-38(29-37)41-42-32(5)43-44(41)40-30(3)27-39(28-31(40)4)36-25-21-34(22-26-36)16-13-11-9-7-2;1-27(2,3)22-16-12-20(13-17-22)25-29-30-26(31(25)24-10-8-7-9-11-24)21-14-18-23(19-15-21)28(4,5)6;;/h14,17,19-29H,6-13,15-16H2,1-5H3;7-14,16-19H,1-6H3;;/q2*-1;;. The third-order valence-corrected chi connectivity index (χ3v) is 14.3. The average Bonchev–Trinajstić information content (AvgIpc) is 4.05. The van der Waals surface area contributed by atoms with Crippen LogP contribution in [0.5, 0.6) is 0 Å². The zero-order valence-corrected chi connectivity index (χ0v) is 52.1. The van der Waals surface area contributed by atoms with Crippen LogP contribution >= 0.6 is 0 Å². The molecule has 0 aliphatic rings. The molecular weight excluding hydrogens is 1300 g/mol. The molecule has 6 nitrogen and oxygen atoms in total. The van der Waals surface area contributed by atoms with Crippen molar-refractivity contribution in [3.05, 3.63) is 203 Å². The third kappa shape index (κ3) is 15.4. The van der Waals surface area contributed by atoms with Gasteiger partial charge in [0.05, 0.1) is 17.3 Å². The Morgan fingerprint density at radius 3 is 1.53 bits per heavy atom. The Morgan fingerprint density at radius 2 is 1.00 bits per heavy atom. The van der Waals surface area contributed by atoms with Gasteiger partial charge in [0.2, 0.25) is 0 Å². The Bertz CT molecular complexity index is 3150. The molecule has 0 fully saturated rings. The number of para-hydroxylation sites is 1. The quantitative estimate of drug-likeness (QED) is 0.0673. The van der Waals surface area contributed by atoms with Crippen molar-refractivity contribution in [2.24, 2.45) is 0 Å². The molecule has 0 aliphatic heterocycles. The fourth-order valence-corrected chi connectivity index (χ4v) is 9.83. The number of benzene rings is 7. The van der Waals surface area contributed by atoms with E-state index in [1.165, 1.54) is 107 Å². The largest absolute Gasteiger partial charge is 0.316 e. The van der Waals surface area contributed by atoms with Gasteiger partial charge in [-0.25, -0.2) is 0 Å². The van der Waals surface area contributed by atoms with Crippen LogP contribution in [-0.2, 0) is 63.9 Å². The molecule has 0 unspecified atom stereocenters. The van der Waals surface area contributed by atoms with E-state index in [0.29, 0.717) is 0 Å². The van der Waals surface area contributed by atoms with Crippen LogP contribution in [0.4, 0.5) is 0 Å². The summed E-state index contributed by atoms with van der Waals surface area (Å²) in [6, 6.07) is 61.2. The van der Waals surface area contributed by atoms with Gasteiger partial charge in [-0.1, -0.05) is 185 Å². The van der Waals surface area contributed by atoms with Crippen molar-refractivity contribution in [2.75, 3.05) is 0 Å². The van der Waals surface area contributed by atoms with Crippen LogP contribution in [0.2, 0.25) is 0 Å². The van der Waals surface area contributed by atoms with E-state index in [1.807, 2.05) is 35.9 Å². The van der Waals surface area contributed by atoms with Crippen LogP contribution in [0, 0.1) is 32.9 Å². The molecule has 0 bridgehead atoms. The van der Waals surface area contributed by atoms with Crippen LogP contribution in [-0.4, -0.2) is 29.5 Å². The molecule has 2 heterocycles. The Morgan fingerprint density at radius 1 is 0.468 bits per heavy atom. The van der Waals surface area contributed by atoms with Crippen molar-refractivity contribution in [3.63, 3.8) is 0 Å². The van der Waals surface area contributed by atoms with Crippen LogP contribution in [0.15, 0.2) is 152 Å². The molecule has 0 atom stereocenters. The zero-order chi connectivity index (χ0) is 53.1. The number of aromatic nitrogens is 6. The number of hydrogen-bond donors (Lipinski definition) is 0. The van der Waals surface area contributed by atoms with Gasteiger partial charge in [0.25, 0.3) is 0 Å².